The molecule has 0 aliphatic carbocycles. The smallest absolute Gasteiger partial charge is 0.328 e. The summed E-state index contributed by atoms with van der Waals surface area (Å²) >= 11 is 0. The van der Waals surface area contributed by atoms with E-state index < -0.39 is 12.0 Å². The quantitative estimate of drug-likeness (QED) is 0.826. The summed E-state index contributed by atoms with van der Waals surface area (Å²) in [6.07, 6.45) is 1.52. The van der Waals surface area contributed by atoms with Crippen molar-refractivity contribution in [1.82, 2.24) is 14.8 Å². The molecule has 2 amide bonds. The Morgan fingerprint density at radius 3 is 2.73 bits per heavy atom. The topological polar surface area (TPSA) is 80.6 Å². The summed E-state index contributed by atoms with van der Waals surface area (Å²) in [4.78, 5) is 38.6. The van der Waals surface area contributed by atoms with Crippen LogP contribution in [0.3, 0.4) is 0 Å². The van der Waals surface area contributed by atoms with Crippen LogP contribution in [0.4, 0.5) is 4.79 Å². The third-order valence-corrected chi connectivity index (χ3v) is 5.26. The van der Waals surface area contributed by atoms with E-state index in [2.05, 4.69) is 5.32 Å². The molecule has 142 valence electrons. The van der Waals surface area contributed by atoms with Crippen LogP contribution in [0.1, 0.15) is 38.3 Å². The first kappa shape index (κ1) is 18.5. The van der Waals surface area contributed by atoms with Crippen molar-refractivity contribution in [3.05, 3.63) is 34.2 Å². The highest BCUT2D eigenvalue weighted by Crippen LogP contribution is 2.34. The molecule has 1 aromatic heterocycles. The van der Waals surface area contributed by atoms with Crippen LogP contribution in [0.2, 0.25) is 0 Å². The van der Waals surface area contributed by atoms with Gasteiger partial charge in [-0.2, -0.15) is 0 Å². The Morgan fingerprint density at radius 2 is 2.04 bits per heavy atom. The first-order chi connectivity index (χ1) is 12.4. The Hall–Kier alpha value is -2.31. The maximum atomic E-state index is 12.8. The number of rotatable bonds is 4. The molecule has 2 aliphatic rings. The highest BCUT2D eigenvalue weighted by atomic mass is 16.5. The zero-order valence-corrected chi connectivity index (χ0v) is 15.6. The van der Waals surface area contributed by atoms with Gasteiger partial charge in [0.1, 0.15) is 6.04 Å². The maximum Gasteiger partial charge on any atom is 0.328 e. The molecule has 2 bridgehead atoms. The molecule has 3 unspecified atom stereocenters. The summed E-state index contributed by atoms with van der Waals surface area (Å²) < 4.78 is 6.66. The van der Waals surface area contributed by atoms with E-state index in [9.17, 15) is 14.4 Å². The molecule has 0 radical (unpaired) electrons. The number of aromatic nitrogens is 1. The van der Waals surface area contributed by atoms with Crippen LogP contribution in [-0.2, 0) is 16.1 Å². The second-order valence-electron chi connectivity index (χ2n) is 7.76. The second-order valence-corrected chi connectivity index (χ2v) is 7.76. The van der Waals surface area contributed by atoms with Crippen molar-refractivity contribution in [1.29, 1.82) is 0 Å². The Bertz CT molecular complexity index is 743. The van der Waals surface area contributed by atoms with Crippen molar-refractivity contribution >= 4 is 12.0 Å². The molecule has 1 fully saturated rings. The van der Waals surface area contributed by atoms with Crippen molar-refractivity contribution in [3.8, 4) is 0 Å². The number of likely N-dealkylation sites (tertiary alicyclic amines) is 1. The van der Waals surface area contributed by atoms with E-state index in [1.165, 1.54) is 7.11 Å². The van der Waals surface area contributed by atoms with E-state index in [4.69, 9.17) is 4.74 Å². The van der Waals surface area contributed by atoms with E-state index in [-0.39, 0.29) is 29.3 Å². The van der Waals surface area contributed by atoms with Crippen molar-refractivity contribution in [2.24, 2.45) is 11.8 Å². The monoisotopic (exact) mass is 361 g/mol. The third kappa shape index (κ3) is 3.76. The molecule has 26 heavy (non-hydrogen) atoms. The average molecular weight is 361 g/mol. The van der Waals surface area contributed by atoms with Crippen LogP contribution in [0.5, 0.6) is 0 Å². The predicted molar refractivity (Wildman–Crippen MR) is 96.9 cm³/mol. The van der Waals surface area contributed by atoms with Crippen molar-refractivity contribution < 1.29 is 14.3 Å². The predicted octanol–water partition coefficient (Wildman–Crippen LogP) is 1.56. The van der Waals surface area contributed by atoms with Gasteiger partial charge < -0.3 is 19.5 Å². The summed E-state index contributed by atoms with van der Waals surface area (Å²) in [5.74, 6) is 0.262. The number of piperidine rings is 1. The number of carbonyl (C=O) groups excluding carboxylic acids is 2. The van der Waals surface area contributed by atoms with E-state index in [1.807, 2.05) is 24.5 Å². The van der Waals surface area contributed by atoms with Crippen molar-refractivity contribution in [2.75, 3.05) is 20.2 Å². The van der Waals surface area contributed by atoms with Crippen LogP contribution in [0.25, 0.3) is 0 Å². The average Bonchev–Trinajstić information content (AvgIpc) is 2.60. The van der Waals surface area contributed by atoms with E-state index in [0.29, 0.717) is 26.1 Å². The summed E-state index contributed by atoms with van der Waals surface area (Å²) in [6.45, 7) is 5.80. The minimum absolute atomic E-state index is 0.0257. The SMILES string of the molecule is COC(=O)C(CC(C)C)NC(=O)N1CC2CC(C1)c1cccc(=O)n1C2. The molecule has 0 aromatic carbocycles. The number of hydrogen-bond donors (Lipinski definition) is 1. The lowest BCUT2D eigenvalue weighted by atomic mass is 9.83. The largest absolute Gasteiger partial charge is 0.467 e. The fourth-order valence-corrected chi connectivity index (χ4v) is 4.13. The number of fused-ring (bicyclic) bond motifs is 4. The summed E-state index contributed by atoms with van der Waals surface area (Å²) in [6, 6.07) is 4.47. The van der Waals surface area contributed by atoms with Crippen molar-refractivity contribution in [2.45, 2.75) is 45.2 Å². The summed E-state index contributed by atoms with van der Waals surface area (Å²) in [5.41, 5.74) is 1.02. The minimum atomic E-state index is -0.635. The highest BCUT2D eigenvalue weighted by Gasteiger charge is 2.37. The van der Waals surface area contributed by atoms with Gasteiger partial charge in [-0.1, -0.05) is 19.9 Å². The van der Waals surface area contributed by atoms with E-state index >= 15 is 0 Å². The van der Waals surface area contributed by atoms with Crippen LogP contribution in [0, 0.1) is 11.8 Å². The number of hydrogen-bond acceptors (Lipinski definition) is 4. The normalized spacial score (nSPS) is 22.5. The standard InChI is InChI=1S/C19H27N3O4/c1-12(2)7-15(18(24)26-3)20-19(25)21-9-13-8-14(11-21)16-5-4-6-17(23)22(16)10-13/h4-6,12-15H,7-11H2,1-3H3,(H,20,25). The summed E-state index contributed by atoms with van der Waals surface area (Å²) in [7, 11) is 1.34. The van der Waals surface area contributed by atoms with Gasteiger partial charge in [0.05, 0.1) is 7.11 Å². The zero-order chi connectivity index (χ0) is 18.8. The van der Waals surface area contributed by atoms with Crippen LogP contribution < -0.4 is 10.9 Å². The lowest BCUT2D eigenvalue weighted by Crippen LogP contribution is -2.54. The molecule has 3 heterocycles. The number of nitrogens with zero attached hydrogens (tertiary/aromatic N) is 2. The highest BCUT2D eigenvalue weighted by molar-refractivity contribution is 5.83. The first-order valence-electron chi connectivity index (χ1n) is 9.22. The van der Waals surface area contributed by atoms with Gasteiger partial charge in [-0.05, 0) is 30.7 Å². The lowest BCUT2D eigenvalue weighted by molar-refractivity contribution is -0.143. The van der Waals surface area contributed by atoms with E-state index in [1.54, 1.807) is 17.0 Å². The molecule has 1 N–H and O–H groups in total. The molecular weight excluding hydrogens is 334 g/mol. The minimum Gasteiger partial charge on any atom is -0.467 e. The van der Waals surface area contributed by atoms with Gasteiger partial charge in [0.15, 0.2) is 0 Å². The molecule has 1 saturated heterocycles. The molecule has 7 nitrogen and oxygen atoms in total. The molecule has 7 heteroatoms. The van der Waals surface area contributed by atoms with E-state index in [0.717, 1.165) is 12.1 Å². The molecular formula is C19H27N3O4. The van der Waals surface area contributed by atoms with Gasteiger partial charge in [0.25, 0.3) is 5.56 Å². The Kier molecular flexibility index (Phi) is 5.34. The lowest BCUT2D eigenvalue weighted by Gasteiger charge is -2.42. The number of amides is 2. The van der Waals surface area contributed by atoms with Crippen LogP contribution in [-0.4, -0.2) is 47.7 Å². The number of urea groups is 1. The molecule has 3 atom stereocenters. The number of nitrogens with one attached hydrogen (secondary N) is 1. The molecule has 0 spiro atoms. The van der Waals surface area contributed by atoms with Gasteiger partial charge in [0.2, 0.25) is 0 Å². The molecule has 0 saturated carbocycles. The van der Waals surface area contributed by atoms with Gasteiger partial charge in [-0.15, -0.1) is 0 Å². The third-order valence-electron chi connectivity index (χ3n) is 5.26. The fourth-order valence-electron chi connectivity index (χ4n) is 4.13. The molecule has 2 aliphatic heterocycles. The van der Waals surface area contributed by atoms with Gasteiger partial charge in [0, 0.05) is 37.3 Å². The number of ether oxygens (including phenoxy) is 1. The maximum absolute atomic E-state index is 12.8. The van der Waals surface area contributed by atoms with Gasteiger partial charge in [-0.3, -0.25) is 4.79 Å². The number of esters is 1. The fraction of sp³-hybridized carbons (Fsp3) is 0.632. The zero-order valence-electron chi connectivity index (χ0n) is 15.6. The van der Waals surface area contributed by atoms with Crippen molar-refractivity contribution in [3.63, 3.8) is 0 Å². The van der Waals surface area contributed by atoms with Crippen LogP contribution >= 0.6 is 0 Å². The summed E-state index contributed by atoms with van der Waals surface area (Å²) in [5, 5.41) is 2.84. The number of methoxy groups -OCH3 is 1. The number of pyridine rings is 1. The van der Waals surface area contributed by atoms with Gasteiger partial charge >= 0.3 is 12.0 Å². The second kappa shape index (κ2) is 7.51. The Balaban J connectivity index is 1.72. The Morgan fingerprint density at radius 1 is 1.27 bits per heavy atom. The van der Waals surface area contributed by atoms with Gasteiger partial charge in [-0.25, -0.2) is 9.59 Å². The molecule has 1 aromatic rings. The molecule has 3 rings (SSSR count). The number of carbonyl (C=O) groups is 2. The Labute approximate surface area is 153 Å². The first-order valence-corrected chi connectivity index (χ1v) is 9.22. The van der Waals surface area contributed by atoms with Crippen LogP contribution in [0.15, 0.2) is 23.0 Å².